The number of pyridine rings is 1. The van der Waals surface area contributed by atoms with Crippen LogP contribution >= 0.6 is 0 Å². The van der Waals surface area contributed by atoms with Crippen LogP contribution in [0.3, 0.4) is 0 Å². The first-order valence-electron chi connectivity index (χ1n) is 18.1. The number of aromatic nitrogens is 4. The van der Waals surface area contributed by atoms with Gasteiger partial charge in [0.2, 0.25) is 0 Å². The number of rotatable bonds is 6. The van der Waals surface area contributed by atoms with Crippen molar-refractivity contribution in [2.24, 2.45) is 0 Å². The molecule has 0 amide bonds. The van der Waals surface area contributed by atoms with Gasteiger partial charge in [-0.2, -0.15) is 0 Å². The standard InChI is InChI=1S/C50H32N4/c1-3-12-33(13-4-1)34-21-25-37(26-22-34)49-52-48(36-14-5-2-6-15-36)53-50(54-49)38-27-23-35(24-28-38)40-29-30-44(42-18-8-7-17-41(40)42)46-32-39-16-11-31-51-47(39)45-20-10-9-19-43(45)46/h1-32H. The third kappa shape index (κ3) is 5.67. The van der Waals surface area contributed by atoms with Crippen LogP contribution in [0.4, 0.5) is 0 Å². The average Bonchev–Trinajstić information content (AvgIpc) is 3.26. The molecule has 54 heavy (non-hydrogen) atoms. The summed E-state index contributed by atoms with van der Waals surface area (Å²) in [4.78, 5) is 19.7. The van der Waals surface area contributed by atoms with Crippen LogP contribution in [0.25, 0.3) is 100.0 Å². The topological polar surface area (TPSA) is 51.6 Å². The van der Waals surface area contributed by atoms with E-state index in [4.69, 9.17) is 19.9 Å². The zero-order valence-electron chi connectivity index (χ0n) is 29.3. The molecule has 0 aliphatic rings. The summed E-state index contributed by atoms with van der Waals surface area (Å²) >= 11 is 0. The highest BCUT2D eigenvalue weighted by atomic mass is 15.0. The minimum absolute atomic E-state index is 0.635. The van der Waals surface area contributed by atoms with Crippen LogP contribution in [0.2, 0.25) is 0 Å². The quantitative estimate of drug-likeness (QED) is 0.163. The van der Waals surface area contributed by atoms with Gasteiger partial charge in [0.05, 0.1) is 5.52 Å². The van der Waals surface area contributed by atoms with Crippen molar-refractivity contribution in [2.45, 2.75) is 0 Å². The second kappa shape index (κ2) is 13.4. The first-order valence-corrected chi connectivity index (χ1v) is 18.1. The molecule has 4 heteroatoms. The molecule has 0 saturated carbocycles. The number of benzene rings is 8. The van der Waals surface area contributed by atoms with Crippen LogP contribution < -0.4 is 0 Å². The molecule has 0 fully saturated rings. The summed E-state index contributed by atoms with van der Waals surface area (Å²) in [5.74, 6) is 1.92. The Morgan fingerprint density at radius 1 is 0.278 bits per heavy atom. The van der Waals surface area contributed by atoms with Crippen molar-refractivity contribution in [2.75, 3.05) is 0 Å². The lowest BCUT2D eigenvalue weighted by atomic mass is 9.89. The number of hydrogen-bond donors (Lipinski definition) is 0. The fourth-order valence-corrected chi connectivity index (χ4v) is 7.52. The SMILES string of the molecule is c1ccc(-c2ccc(-c3nc(-c4ccccc4)nc(-c4ccc(-c5ccc(-c6cc7cccnc7c7ccccc67)c6ccccc56)cc4)n3)cc2)cc1. The number of nitrogens with zero attached hydrogens (tertiary/aromatic N) is 4. The van der Waals surface area contributed by atoms with E-state index in [9.17, 15) is 0 Å². The zero-order chi connectivity index (χ0) is 35.8. The Morgan fingerprint density at radius 2 is 0.704 bits per heavy atom. The van der Waals surface area contributed by atoms with E-state index in [2.05, 4.69) is 146 Å². The Hall–Kier alpha value is -7.30. The summed E-state index contributed by atoms with van der Waals surface area (Å²) in [7, 11) is 0. The number of fused-ring (bicyclic) bond motifs is 4. The smallest absolute Gasteiger partial charge is 0.164 e. The first-order chi connectivity index (χ1) is 26.8. The third-order valence-electron chi connectivity index (χ3n) is 10.2. The molecule has 8 aromatic carbocycles. The molecule has 0 aliphatic carbocycles. The number of hydrogen-bond acceptors (Lipinski definition) is 4. The molecule has 2 aromatic heterocycles. The van der Waals surface area contributed by atoms with Crippen LogP contribution in [0, 0.1) is 0 Å². The molecule has 0 saturated heterocycles. The van der Waals surface area contributed by atoms with Gasteiger partial charge in [-0.25, -0.2) is 15.0 Å². The Labute approximate surface area is 313 Å². The lowest BCUT2D eigenvalue weighted by Gasteiger charge is -2.15. The van der Waals surface area contributed by atoms with Crippen LogP contribution in [0.1, 0.15) is 0 Å². The highest BCUT2D eigenvalue weighted by Crippen LogP contribution is 2.40. The third-order valence-corrected chi connectivity index (χ3v) is 10.2. The second-order valence-electron chi connectivity index (χ2n) is 13.4. The lowest BCUT2D eigenvalue weighted by molar-refractivity contribution is 1.07. The largest absolute Gasteiger partial charge is 0.256 e. The Balaban J connectivity index is 1.05. The zero-order valence-corrected chi connectivity index (χ0v) is 29.3. The van der Waals surface area contributed by atoms with E-state index in [0.717, 1.165) is 44.1 Å². The monoisotopic (exact) mass is 688 g/mol. The lowest BCUT2D eigenvalue weighted by Crippen LogP contribution is -2.00. The fourth-order valence-electron chi connectivity index (χ4n) is 7.52. The van der Waals surface area contributed by atoms with Gasteiger partial charge < -0.3 is 0 Å². The summed E-state index contributed by atoms with van der Waals surface area (Å²) in [6, 6.07) is 65.8. The van der Waals surface area contributed by atoms with E-state index in [1.54, 1.807) is 0 Å². The van der Waals surface area contributed by atoms with Crippen molar-refractivity contribution in [1.29, 1.82) is 0 Å². The van der Waals surface area contributed by atoms with Gasteiger partial charge in [0.1, 0.15) is 0 Å². The summed E-state index contributed by atoms with van der Waals surface area (Å²) in [6.07, 6.45) is 1.87. The average molecular weight is 689 g/mol. The molecular formula is C50H32N4. The minimum atomic E-state index is 0.635. The van der Waals surface area contributed by atoms with E-state index in [1.165, 1.54) is 38.4 Å². The van der Waals surface area contributed by atoms with E-state index in [1.807, 2.05) is 48.7 Å². The summed E-state index contributed by atoms with van der Waals surface area (Å²) < 4.78 is 0. The van der Waals surface area contributed by atoms with E-state index in [-0.39, 0.29) is 0 Å². The molecule has 0 bridgehead atoms. The van der Waals surface area contributed by atoms with Crippen molar-refractivity contribution in [3.8, 4) is 67.5 Å². The summed E-state index contributed by atoms with van der Waals surface area (Å²) in [5.41, 5.74) is 10.9. The molecule has 10 aromatic rings. The van der Waals surface area contributed by atoms with E-state index in [0.29, 0.717) is 17.5 Å². The predicted octanol–water partition coefficient (Wildman–Crippen LogP) is 12.7. The van der Waals surface area contributed by atoms with E-state index >= 15 is 0 Å². The van der Waals surface area contributed by atoms with Crippen molar-refractivity contribution >= 4 is 32.4 Å². The maximum absolute atomic E-state index is 5.02. The van der Waals surface area contributed by atoms with Crippen molar-refractivity contribution in [3.05, 3.63) is 194 Å². The molecule has 0 N–H and O–H groups in total. The maximum atomic E-state index is 5.02. The Bertz CT molecular complexity index is 2960. The maximum Gasteiger partial charge on any atom is 0.164 e. The molecular weight excluding hydrogens is 657 g/mol. The molecule has 0 spiro atoms. The molecule has 0 atom stereocenters. The van der Waals surface area contributed by atoms with Gasteiger partial charge in [0.15, 0.2) is 17.5 Å². The van der Waals surface area contributed by atoms with Gasteiger partial charge in [-0.05, 0) is 61.7 Å². The van der Waals surface area contributed by atoms with Crippen LogP contribution in [0.5, 0.6) is 0 Å². The van der Waals surface area contributed by atoms with Gasteiger partial charge in [-0.1, -0.05) is 176 Å². The van der Waals surface area contributed by atoms with Gasteiger partial charge in [0.25, 0.3) is 0 Å². The molecule has 2 heterocycles. The molecule has 0 aliphatic heterocycles. The fraction of sp³-hybridized carbons (Fsp3) is 0. The minimum Gasteiger partial charge on any atom is -0.256 e. The van der Waals surface area contributed by atoms with E-state index < -0.39 is 0 Å². The highest BCUT2D eigenvalue weighted by Gasteiger charge is 2.16. The molecule has 252 valence electrons. The van der Waals surface area contributed by atoms with Gasteiger partial charge >= 0.3 is 0 Å². The summed E-state index contributed by atoms with van der Waals surface area (Å²) in [5, 5.41) is 5.91. The molecule has 0 radical (unpaired) electrons. The Morgan fingerprint density at radius 3 is 1.31 bits per heavy atom. The van der Waals surface area contributed by atoms with Crippen molar-refractivity contribution in [1.82, 2.24) is 19.9 Å². The van der Waals surface area contributed by atoms with Crippen LogP contribution in [-0.4, -0.2) is 19.9 Å². The van der Waals surface area contributed by atoms with Crippen molar-refractivity contribution in [3.63, 3.8) is 0 Å². The summed E-state index contributed by atoms with van der Waals surface area (Å²) in [6.45, 7) is 0. The normalized spacial score (nSPS) is 11.3. The molecule has 0 unspecified atom stereocenters. The first kappa shape index (κ1) is 31.4. The molecule has 4 nitrogen and oxygen atoms in total. The second-order valence-corrected chi connectivity index (χ2v) is 13.4. The Kier molecular flexibility index (Phi) is 7.77. The van der Waals surface area contributed by atoms with Crippen molar-refractivity contribution < 1.29 is 0 Å². The van der Waals surface area contributed by atoms with Crippen LogP contribution in [-0.2, 0) is 0 Å². The van der Waals surface area contributed by atoms with Crippen LogP contribution in [0.15, 0.2) is 194 Å². The predicted molar refractivity (Wildman–Crippen MR) is 223 cm³/mol. The molecule has 10 rings (SSSR count). The van der Waals surface area contributed by atoms with Gasteiger partial charge in [-0.3, -0.25) is 4.98 Å². The van der Waals surface area contributed by atoms with Gasteiger partial charge in [-0.15, -0.1) is 0 Å². The highest BCUT2D eigenvalue weighted by molar-refractivity contribution is 6.16. The van der Waals surface area contributed by atoms with Gasteiger partial charge in [0, 0.05) is 33.7 Å².